The molecule has 4 aliphatic heterocycles. The van der Waals surface area contributed by atoms with Crippen molar-refractivity contribution in [2.45, 2.75) is 36.8 Å². The second-order valence-corrected chi connectivity index (χ2v) is 8.48. The Morgan fingerprint density at radius 2 is 1.86 bits per heavy atom. The molecule has 29 heavy (non-hydrogen) atoms. The first kappa shape index (κ1) is 17.1. The Kier molecular flexibility index (Phi) is 3.08. The van der Waals surface area contributed by atoms with E-state index in [2.05, 4.69) is 6.07 Å². The summed E-state index contributed by atoms with van der Waals surface area (Å²) < 4.78 is 11.9. The van der Waals surface area contributed by atoms with Crippen LogP contribution in [0.25, 0.3) is 10.8 Å². The Morgan fingerprint density at radius 1 is 1.14 bits per heavy atom. The smallest absolute Gasteiger partial charge is 0.240 e. The number of benzene rings is 2. The third kappa shape index (κ3) is 1.75. The topological polar surface area (TPSA) is 99.9 Å². The van der Waals surface area contributed by atoms with E-state index in [0.29, 0.717) is 35.1 Å². The predicted molar refractivity (Wildman–Crippen MR) is 101 cm³/mol. The third-order valence-corrected chi connectivity index (χ3v) is 7.27. The van der Waals surface area contributed by atoms with Gasteiger partial charge >= 0.3 is 0 Å². The van der Waals surface area contributed by atoms with Gasteiger partial charge < -0.3 is 14.6 Å². The average Bonchev–Trinajstić information content (AvgIpc) is 3.39. The van der Waals surface area contributed by atoms with Crippen LogP contribution in [-0.2, 0) is 19.1 Å². The van der Waals surface area contributed by atoms with Gasteiger partial charge in [0, 0.05) is 17.2 Å². The molecule has 4 saturated heterocycles. The monoisotopic (exact) mass is 390 g/mol. The van der Waals surface area contributed by atoms with Crippen LogP contribution in [0.4, 0.5) is 5.69 Å². The number of hydrogen-bond donors (Lipinski definition) is 1. The molecule has 4 aliphatic rings. The average molecular weight is 390 g/mol. The van der Waals surface area contributed by atoms with Crippen LogP contribution in [0.5, 0.6) is 0 Å². The van der Waals surface area contributed by atoms with Gasteiger partial charge in [-0.25, -0.2) is 4.90 Å². The molecule has 2 bridgehead atoms. The van der Waals surface area contributed by atoms with Crippen LogP contribution in [-0.4, -0.2) is 46.9 Å². The summed E-state index contributed by atoms with van der Waals surface area (Å²) in [6.07, 6.45) is -1.07. The minimum Gasteiger partial charge on any atom is -0.387 e. The van der Waals surface area contributed by atoms with Gasteiger partial charge in [0.2, 0.25) is 11.8 Å². The van der Waals surface area contributed by atoms with E-state index < -0.39 is 35.2 Å². The molecule has 7 nitrogen and oxygen atoms in total. The molecule has 0 radical (unpaired) electrons. The zero-order valence-electron chi connectivity index (χ0n) is 15.7. The van der Waals surface area contributed by atoms with Gasteiger partial charge in [-0.2, -0.15) is 5.26 Å². The van der Waals surface area contributed by atoms with Crippen LogP contribution in [0.3, 0.4) is 0 Å². The summed E-state index contributed by atoms with van der Waals surface area (Å²) in [5, 5.41) is 21.6. The maximum atomic E-state index is 13.6. The lowest BCUT2D eigenvalue weighted by molar-refractivity contribution is -0.134. The van der Waals surface area contributed by atoms with Crippen LogP contribution < -0.4 is 4.90 Å². The molecule has 7 heteroatoms. The van der Waals surface area contributed by atoms with E-state index in [1.54, 1.807) is 25.1 Å². The number of imide groups is 1. The van der Waals surface area contributed by atoms with Crippen molar-refractivity contribution in [1.29, 1.82) is 5.26 Å². The highest BCUT2D eigenvalue weighted by atomic mass is 16.6. The van der Waals surface area contributed by atoms with Crippen molar-refractivity contribution in [3.63, 3.8) is 0 Å². The molecule has 4 heterocycles. The molecule has 6 rings (SSSR count). The Morgan fingerprint density at radius 3 is 2.62 bits per heavy atom. The molecule has 2 aromatic carbocycles. The first-order valence-electron chi connectivity index (χ1n) is 9.73. The number of anilines is 1. The maximum absolute atomic E-state index is 13.6. The Balaban J connectivity index is 1.54. The van der Waals surface area contributed by atoms with Gasteiger partial charge in [-0.3, -0.25) is 9.59 Å². The highest BCUT2D eigenvalue weighted by Crippen LogP contribution is 2.64. The van der Waals surface area contributed by atoms with Crippen molar-refractivity contribution in [2.75, 3.05) is 11.5 Å². The largest absolute Gasteiger partial charge is 0.387 e. The Labute approximate surface area is 166 Å². The van der Waals surface area contributed by atoms with E-state index in [4.69, 9.17) is 9.47 Å². The fraction of sp³-hybridized carbons (Fsp3) is 0.409. The van der Waals surface area contributed by atoms with Crippen molar-refractivity contribution in [1.82, 2.24) is 0 Å². The van der Waals surface area contributed by atoms with Gasteiger partial charge in [0.25, 0.3) is 0 Å². The lowest BCUT2D eigenvalue weighted by atomic mass is 9.65. The van der Waals surface area contributed by atoms with Gasteiger partial charge in [0.1, 0.15) is 23.4 Å². The summed E-state index contributed by atoms with van der Waals surface area (Å²) in [5.41, 5.74) is -1.16. The molecule has 0 aromatic heterocycles. The number of nitrogens with zero attached hydrogens (tertiary/aromatic N) is 2. The van der Waals surface area contributed by atoms with Crippen LogP contribution >= 0.6 is 0 Å². The second-order valence-electron chi connectivity index (χ2n) is 8.48. The lowest BCUT2D eigenvalue weighted by Crippen LogP contribution is -2.56. The standard InChI is InChI=1S/C22H18N2O5/c1-21-15-16(22(29-21)8-9-28-18(22)17(21)25)20(27)24(19(15)26)14-7-6-11(10-23)12-4-2-3-5-13(12)14/h2-7,15-18,25H,8-9H2,1H3/t15-,16+,17-,18-,21+,22+/m0/s1. The minimum atomic E-state index is -1.15. The third-order valence-electron chi connectivity index (χ3n) is 7.27. The highest BCUT2D eigenvalue weighted by molar-refractivity contribution is 6.26. The molecule has 146 valence electrons. The summed E-state index contributed by atoms with van der Waals surface area (Å²) in [5.74, 6) is -2.11. The van der Waals surface area contributed by atoms with Crippen molar-refractivity contribution >= 4 is 28.3 Å². The SMILES string of the molecule is C[C@]12O[C@]3(CCO[C@H]3[C@@H]1O)[C@H]1C(=O)N(c3ccc(C#N)c4ccccc34)C(=O)[C@H]12. The molecule has 2 aromatic rings. The fourth-order valence-electron chi connectivity index (χ4n) is 6.06. The Bertz CT molecular complexity index is 1160. The number of aliphatic hydroxyl groups is 1. The van der Waals surface area contributed by atoms with Gasteiger partial charge in [0.05, 0.1) is 35.8 Å². The molecule has 0 unspecified atom stereocenters. The first-order chi connectivity index (χ1) is 13.9. The number of aliphatic hydroxyl groups excluding tert-OH is 1. The number of hydrogen-bond acceptors (Lipinski definition) is 6. The van der Waals surface area contributed by atoms with E-state index in [-0.39, 0.29) is 11.8 Å². The number of nitriles is 1. The van der Waals surface area contributed by atoms with E-state index in [9.17, 15) is 20.0 Å². The van der Waals surface area contributed by atoms with Crippen molar-refractivity contribution in [2.24, 2.45) is 11.8 Å². The molecular formula is C22H18N2O5. The van der Waals surface area contributed by atoms with Gasteiger partial charge in [-0.05, 0) is 19.1 Å². The molecule has 4 fully saturated rings. The molecule has 2 amide bonds. The molecule has 6 atom stereocenters. The van der Waals surface area contributed by atoms with E-state index in [1.807, 2.05) is 18.2 Å². The minimum absolute atomic E-state index is 0.319. The van der Waals surface area contributed by atoms with Crippen molar-refractivity contribution in [3.05, 3.63) is 42.0 Å². The summed E-state index contributed by atoms with van der Waals surface area (Å²) in [6, 6.07) is 12.7. The summed E-state index contributed by atoms with van der Waals surface area (Å²) in [6.45, 7) is 2.10. The summed E-state index contributed by atoms with van der Waals surface area (Å²) in [4.78, 5) is 28.4. The second kappa shape index (κ2) is 5.22. The number of carbonyl (C=O) groups is 2. The number of amides is 2. The quantitative estimate of drug-likeness (QED) is 0.741. The van der Waals surface area contributed by atoms with Crippen LogP contribution in [0.2, 0.25) is 0 Å². The van der Waals surface area contributed by atoms with Crippen LogP contribution in [0, 0.1) is 23.2 Å². The number of rotatable bonds is 1. The van der Waals surface area contributed by atoms with Crippen LogP contribution in [0.1, 0.15) is 18.9 Å². The van der Waals surface area contributed by atoms with Gasteiger partial charge in [-0.1, -0.05) is 24.3 Å². The van der Waals surface area contributed by atoms with Crippen molar-refractivity contribution in [3.8, 4) is 6.07 Å². The van der Waals surface area contributed by atoms with Crippen molar-refractivity contribution < 1.29 is 24.2 Å². The van der Waals surface area contributed by atoms with Gasteiger partial charge in [0.15, 0.2) is 0 Å². The summed E-state index contributed by atoms with van der Waals surface area (Å²) in [7, 11) is 0. The van der Waals surface area contributed by atoms with Crippen LogP contribution in [0.15, 0.2) is 36.4 Å². The molecule has 0 aliphatic carbocycles. The molecule has 1 N–H and O–H groups in total. The molecule has 0 saturated carbocycles. The fourth-order valence-corrected chi connectivity index (χ4v) is 6.06. The first-order valence-corrected chi connectivity index (χ1v) is 9.73. The van der Waals surface area contributed by atoms with E-state index >= 15 is 0 Å². The number of carbonyl (C=O) groups excluding carboxylic acids is 2. The maximum Gasteiger partial charge on any atom is 0.240 e. The molecular weight excluding hydrogens is 372 g/mol. The van der Waals surface area contributed by atoms with E-state index in [1.165, 1.54) is 4.90 Å². The highest BCUT2D eigenvalue weighted by Gasteiger charge is 2.82. The number of ether oxygens (including phenoxy) is 2. The Hall–Kier alpha value is -2.79. The zero-order valence-corrected chi connectivity index (χ0v) is 15.7. The zero-order chi connectivity index (χ0) is 20.1. The molecule has 1 spiro atoms. The van der Waals surface area contributed by atoms with Gasteiger partial charge in [-0.15, -0.1) is 0 Å². The predicted octanol–water partition coefficient (Wildman–Crippen LogP) is 1.51. The lowest BCUT2D eigenvalue weighted by Gasteiger charge is -2.35. The number of fused-ring (bicyclic) bond motifs is 4. The summed E-state index contributed by atoms with van der Waals surface area (Å²) >= 11 is 0. The van der Waals surface area contributed by atoms with E-state index in [0.717, 1.165) is 0 Å². The normalized spacial score (nSPS) is 39.8.